The van der Waals surface area contributed by atoms with Crippen molar-refractivity contribution in [3.8, 4) is 0 Å². The monoisotopic (exact) mass is 337 g/mol. The summed E-state index contributed by atoms with van der Waals surface area (Å²) in [5, 5.41) is 3.07. The Labute approximate surface area is 141 Å². The highest BCUT2D eigenvalue weighted by molar-refractivity contribution is 8.00. The number of halogens is 1. The number of Topliss-reactive ketones (excluding diaryl/α,β-unsaturated/α-hetero) is 1. The first-order valence-corrected chi connectivity index (χ1v) is 9.27. The second-order valence-corrected chi connectivity index (χ2v) is 7.12. The number of hydrogen-bond acceptors (Lipinski definition) is 3. The molecule has 23 heavy (non-hydrogen) atoms. The van der Waals surface area contributed by atoms with Gasteiger partial charge in [-0.05, 0) is 31.9 Å². The molecule has 1 N–H and O–H groups in total. The van der Waals surface area contributed by atoms with Crippen LogP contribution in [-0.4, -0.2) is 23.5 Å². The normalized spacial score (nSPS) is 16.4. The van der Waals surface area contributed by atoms with E-state index in [1.165, 1.54) is 56.9 Å². The minimum atomic E-state index is -0.443. The van der Waals surface area contributed by atoms with Crippen molar-refractivity contribution in [1.29, 1.82) is 0 Å². The van der Waals surface area contributed by atoms with Crippen molar-refractivity contribution in [3.63, 3.8) is 0 Å². The van der Waals surface area contributed by atoms with E-state index in [1.54, 1.807) is 12.1 Å². The highest BCUT2D eigenvalue weighted by Crippen LogP contribution is 2.23. The quantitative estimate of drug-likeness (QED) is 0.642. The molecule has 0 heterocycles. The maximum atomic E-state index is 13.9. The first-order valence-electron chi connectivity index (χ1n) is 8.29. The van der Waals surface area contributed by atoms with Crippen LogP contribution in [0.3, 0.4) is 0 Å². The van der Waals surface area contributed by atoms with Crippen LogP contribution in [0.25, 0.3) is 0 Å². The molecule has 5 heteroatoms. The molecule has 1 aromatic carbocycles. The molecule has 0 atom stereocenters. The highest BCUT2D eigenvalue weighted by Gasteiger charge is 2.15. The number of thioether (sulfide) groups is 1. The van der Waals surface area contributed by atoms with Crippen LogP contribution in [0.1, 0.15) is 62.2 Å². The smallest absolute Gasteiger partial charge is 0.230 e. The van der Waals surface area contributed by atoms with Gasteiger partial charge in [0.2, 0.25) is 5.91 Å². The Bertz CT molecular complexity index is 554. The van der Waals surface area contributed by atoms with Crippen molar-refractivity contribution in [2.24, 2.45) is 0 Å². The van der Waals surface area contributed by atoms with Gasteiger partial charge in [-0.3, -0.25) is 9.59 Å². The van der Waals surface area contributed by atoms with Gasteiger partial charge in [0.05, 0.1) is 5.75 Å². The number of rotatable bonds is 5. The fourth-order valence-electron chi connectivity index (χ4n) is 2.85. The first-order chi connectivity index (χ1) is 11.1. The largest absolute Gasteiger partial charge is 0.353 e. The molecule has 0 saturated heterocycles. The average Bonchev–Trinajstić information content (AvgIpc) is 2.48. The zero-order chi connectivity index (χ0) is 16.7. The predicted octanol–water partition coefficient (Wildman–Crippen LogP) is 4.35. The van der Waals surface area contributed by atoms with E-state index in [1.807, 2.05) is 0 Å². The molecule has 0 aliphatic heterocycles. The van der Waals surface area contributed by atoms with Gasteiger partial charge in [-0.15, -0.1) is 11.8 Å². The second kappa shape index (κ2) is 9.06. The van der Waals surface area contributed by atoms with Crippen molar-refractivity contribution >= 4 is 23.5 Å². The van der Waals surface area contributed by atoms with Crippen LogP contribution in [-0.2, 0) is 4.79 Å². The van der Waals surface area contributed by atoms with Gasteiger partial charge < -0.3 is 5.32 Å². The van der Waals surface area contributed by atoms with E-state index in [0.29, 0.717) is 10.5 Å². The standard InChI is InChI=1S/C18H24FNO2S/c1-13(21)14-9-10-17(16(19)11-14)23-12-18(22)20-15-7-5-3-2-4-6-8-15/h9-11,15H,2-8,12H2,1H3,(H,20,22). The summed E-state index contributed by atoms with van der Waals surface area (Å²) in [4.78, 5) is 23.7. The Morgan fingerprint density at radius 1 is 1.17 bits per heavy atom. The molecule has 126 valence electrons. The van der Waals surface area contributed by atoms with E-state index in [0.717, 1.165) is 12.8 Å². The van der Waals surface area contributed by atoms with Crippen molar-refractivity contribution in [2.45, 2.75) is 62.8 Å². The molecule has 1 fully saturated rings. The first kappa shape index (κ1) is 18.0. The number of nitrogens with one attached hydrogen (secondary N) is 1. The van der Waals surface area contributed by atoms with E-state index < -0.39 is 5.82 Å². The fourth-order valence-corrected chi connectivity index (χ4v) is 3.58. The van der Waals surface area contributed by atoms with Gasteiger partial charge in [0, 0.05) is 16.5 Å². The van der Waals surface area contributed by atoms with Crippen LogP contribution in [0.5, 0.6) is 0 Å². The Hall–Kier alpha value is -1.36. The summed E-state index contributed by atoms with van der Waals surface area (Å²) >= 11 is 1.18. The van der Waals surface area contributed by atoms with Crippen LogP contribution < -0.4 is 5.32 Å². The number of carbonyl (C=O) groups is 2. The molecule has 0 radical (unpaired) electrons. The minimum Gasteiger partial charge on any atom is -0.353 e. The van der Waals surface area contributed by atoms with Crippen molar-refractivity contribution in [3.05, 3.63) is 29.6 Å². The third kappa shape index (κ3) is 5.98. The lowest BCUT2D eigenvalue weighted by molar-refractivity contribution is -0.119. The highest BCUT2D eigenvalue weighted by atomic mass is 32.2. The number of amides is 1. The zero-order valence-corrected chi connectivity index (χ0v) is 14.4. The second-order valence-electron chi connectivity index (χ2n) is 6.10. The summed E-state index contributed by atoms with van der Waals surface area (Å²) in [6.07, 6.45) is 8.20. The zero-order valence-electron chi connectivity index (χ0n) is 13.6. The van der Waals surface area contributed by atoms with E-state index >= 15 is 0 Å². The minimum absolute atomic E-state index is 0.0457. The van der Waals surface area contributed by atoms with Gasteiger partial charge in [0.1, 0.15) is 5.82 Å². The molecule has 0 spiro atoms. The van der Waals surface area contributed by atoms with Crippen LogP contribution in [0.15, 0.2) is 23.1 Å². The summed E-state index contributed by atoms with van der Waals surface area (Å²) in [7, 11) is 0. The molecule has 1 aliphatic rings. The lowest BCUT2D eigenvalue weighted by Gasteiger charge is -2.21. The molecule has 2 rings (SSSR count). The third-order valence-electron chi connectivity index (χ3n) is 4.17. The van der Waals surface area contributed by atoms with E-state index in [-0.39, 0.29) is 23.5 Å². The van der Waals surface area contributed by atoms with Crippen molar-refractivity contribution < 1.29 is 14.0 Å². The molecule has 0 unspecified atom stereocenters. The Morgan fingerprint density at radius 3 is 2.43 bits per heavy atom. The number of hydrogen-bond donors (Lipinski definition) is 1. The third-order valence-corrected chi connectivity index (χ3v) is 5.22. The fraction of sp³-hybridized carbons (Fsp3) is 0.556. The Balaban J connectivity index is 1.82. The SMILES string of the molecule is CC(=O)c1ccc(SCC(=O)NC2CCCCCCC2)c(F)c1. The van der Waals surface area contributed by atoms with Crippen LogP contribution in [0.4, 0.5) is 4.39 Å². The van der Waals surface area contributed by atoms with E-state index in [4.69, 9.17) is 0 Å². The summed E-state index contributed by atoms with van der Waals surface area (Å²) in [5.41, 5.74) is 0.353. The van der Waals surface area contributed by atoms with Crippen LogP contribution >= 0.6 is 11.8 Å². The van der Waals surface area contributed by atoms with Gasteiger partial charge in [-0.25, -0.2) is 4.39 Å². The topological polar surface area (TPSA) is 46.2 Å². The lowest BCUT2D eigenvalue weighted by atomic mass is 9.97. The molecule has 1 aliphatic carbocycles. The molecule has 0 bridgehead atoms. The molecular formula is C18H24FNO2S. The molecule has 0 aromatic heterocycles. The van der Waals surface area contributed by atoms with Gasteiger partial charge in [0.15, 0.2) is 5.78 Å². The molecule has 1 aromatic rings. The van der Waals surface area contributed by atoms with Crippen molar-refractivity contribution in [2.75, 3.05) is 5.75 Å². The molecular weight excluding hydrogens is 313 g/mol. The van der Waals surface area contributed by atoms with Crippen molar-refractivity contribution in [1.82, 2.24) is 5.32 Å². The summed E-state index contributed by atoms with van der Waals surface area (Å²) < 4.78 is 13.9. The molecule has 1 saturated carbocycles. The van der Waals surface area contributed by atoms with Gasteiger partial charge in [-0.2, -0.15) is 0 Å². The van der Waals surface area contributed by atoms with Crippen LogP contribution in [0, 0.1) is 5.82 Å². The summed E-state index contributed by atoms with van der Waals surface area (Å²) in [6, 6.07) is 4.66. The van der Waals surface area contributed by atoms with Gasteiger partial charge >= 0.3 is 0 Å². The number of benzene rings is 1. The van der Waals surface area contributed by atoms with Gasteiger partial charge in [-0.1, -0.05) is 38.2 Å². The maximum absolute atomic E-state index is 13.9. The van der Waals surface area contributed by atoms with Gasteiger partial charge in [0.25, 0.3) is 0 Å². The Morgan fingerprint density at radius 2 is 1.83 bits per heavy atom. The van der Waals surface area contributed by atoms with E-state index in [9.17, 15) is 14.0 Å². The molecule has 3 nitrogen and oxygen atoms in total. The Kier molecular flexibility index (Phi) is 7.09. The van der Waals surface area contributed by atoms with E-state index in [2.05, 4.69) is 5.32 Å². The average molecular weight is 337 g/mol. The predicted molar refractivity (Wildman–Crippen MR) is 91.4 cm³/mol. The number of carbonyl (C=O) groups excluding carboxylic acids is 2. The maximum Gasteiger partial charge on any atom is 0.230 e. The lowest BCUT2D eigenvalue weighted by Crippen LogP contribution is -2.36. The molecule has 1 amide bonds. The summed E-state index contributed by atoms with van der Waals surface area (Å²) in [6.45, 7) is 1.41. The number of ketones is 1. The van der Waals surface area contributed by atoms with Crippen LogP contribution in [0.2, 0.25) is 0 Å². The summed E-state index contributed by atoms with van der Waals surface area (Å²) in [5.74, 6) is -0.452.